The monoisotopic (exact) mass is 354 g/mol. The second-order valence-electron chi connectivity index (χ2n) is 7.01. The van der Waals surface area contributed by atoms with E-state index < -0.39 is 5.97 Å². The summed E-state index contributed by atoms with van der Waals surface area (Å²) in [6, 6.07) is 27.4. The molecule has 1 N–H and O–H groups in total. The SMILES string of the molecule is CC(c1ccccc1)c1c2ccccc2c(CCC(=O)O)c2ccccc12. The fourth-order valence-electron chi connectivity index (χ4n) is 4.13. The van der Waals surface area contributed by atoms with Crippen molar-refractivity contribution in [2.24, 2.45) is 0 Å². The minimum atomic E-state index is -0.759. The van der Waals surface area contributed by atoms with Crippen molar-refractivity contribution in [2.45, 2.75) is 25.7 Å². The number of aliphatic carboxylic acids is 1. The lowest BCUT2D eigenvalue weighted by Gasteiger charge is -2.21. The Hall–Kier alpha value is -3.13. The van der Waals surface area contributed by atoms with Gasteiger partial charge in [-0.25, -0.2) is 0 Å². The van der Waals surface area contributed by atoms with E-state index >= 15 is 0 Å². The van der Waals surface area contributed by atoms with Gasteiger partial charge < -0.3 is 5.11 Å². The highest BCUT2D eigenvalue weighted by Crippen LogP contribution is 2.39. The van der Waals surface area contributed by atoms with Crippen molar-refractivity contribution >= 4 is 27.5 Å². The molecule has 0 spiro atoms. The van der Waals surface area contributed by atoms with Crippen LogP contribution in [0, 0.1) is 0 Å². The molecule has 4 aromatic rings. The van der Waals surface area contributed by atoms with Gasteiger partial charge in [-0.1, -0.05) is 85.8 Å². The number of rotatable bonds is 5. The molecule has 0 amide bonds. The third kappa shape index (κ3) is 3.19. The van der Waals surface area contributed by atoms with Crippen LogP contribution >= 0.6 is 0 Å². The summed E-state index contributed by atoms with van der Waals surface area (Å²) >= 11 is 0. The molecule has 0 aromatic heterocycles. The molecule has 4 aromatic carbocycles. The predicted molar refractivity (Wildman–Crippen MR) is 111 cm³/mol. The maximum Gasteiger partial charge on any atom is 0.303 e. The van der Waals surface area contributed by atoms with Gasteiger partial charge in [-0.2, -0.15) is 0 Å². The zero-order chi connectivity index (χ0) is 18.8. The first kappa shape index (κ1) is 17.3. The van der Waals surface area contributed by atoms with Crippen LogP contribution in [0.3, 0.4) is 0 Å². The normalized spacial score (nSPS) is 12.3. The molecule has 0 saturated carbocycles. The third-order valence-corrected chi connectivity index (χ3v) is 5.41. The Morgan fingerprint density at radius 1 is 0.778 bits per heavy atom. The minimum absolute atomic E-state index is 0.140. The first-order valence-corrected chi connectivity index (χ1v) is 9.35. The van der Waals surface area contributed by atoms with Crippen molar-refractivity contribution in [3.63, 3.8) is 0 Å². The van der Waals surface area contributed by atoms with Crippen LogP contribution < -0.4 is 0 Å². The summed E-state index contributed by atoms with van der Waals surface area (Å²) in [5, 5.41) is 14.0. The summed E-state index contributed by atoms with van der Waals surface area (Å²) in [7, 11) is 0. The summed E-state index contributed by atoms with van der Waals surface area (Å²) in [4.78, 5) is 11.2. The molecule has 2 heteroatoms. The van der Waals surface area contributed by atoms with Crippen LogP contribution in [0.5, 0.6) is 0 Å². The van der Waals surface area contributed by atoms with Crippen LogP contribution in [0.2, 0.25) is 0 Å². The van der Waals surface area contributed by atoms with Crippen molar-refractivity contribution in [2.75, 3.05) is 0 Å². The van der Waals surface area contributed by atoms with Gasteiger partial charge in [-0.05, 0) is 44.7 Å². The fourth-order valence-corrected chi connectivity index (χ4v) is 4.13. The van der Waals surface area contributed by atoms with E-state index in [1.54, 1.807) is 0 Å². The van der Waals surface area contributed by atoms with Crippen molar-refractivity contribution in [3.8, 4) is 0 Å². The lowest BCUT2D eigenvalue weighted by atomic mass is 9.82. The zero-order valence-corrected chi connectivity index (χ0v) is 15.4. The molecule has 1 unspecified atom stereocenters. The molecule has 0 saturated heterocycles. The predicted octanol–water partition coefficient (Wildman–Crippen LogP) is 6.16. The molecule has 0 fully saturated rings. The first-order valence-electron chi connectivity index (χ1n) is 9.35. The number of hydrogen-bond acceptors (Lipinski definition) is 1. The maximum atomic E-state index is 11.2. The van der Waals surface area contributed by atoms with Crippen molar-refractivity contribution < 1.29 is 9.90 Å². The number of carboxylic acid groups (broad SMARTS) is 1. The summed E-state index contributed by atoms with van der Waals surface area (Å²) in [5.41, 5.74) is 3.73. The van der Waals surface area contributed by atoms with E-state index in [9.17, 15) is 9.90 Å². The smallest absolute Gasteiger partial charge is 0.303 e. The van der Waals surface area contributed by atoms with E-state index in [0.29, 0.717) is 6.42 Å². The van der Waals surface area contributed by atoms with E-state index in [0.717, 1.165) is 16.3 Å². The Kier molecular flexibility index (Phi) is 4.64. The molecule has 0 heterocycles. The highest BCUT2D eigenvalue weighted by Gasteiger charge is 2.19. The number of fused-ring (bicyclic) bond motifs is 2. The summed E-state index contributed by atoms with van der Waals surface area (Å²) in [6.45, 7) is 2.25. The van der Waals surface area contributed by atoms with Gasteiger partial charge in [0.25, 0.3) is 0 Å². The van der Waals surface area contributed by atoms with Crippen molar-refractivity contribution in [1.29, 1.82) is 0 Å². The van der Waals surface area contributed by atoms with E-state index in [1.165, 1.54) is 21.9 Å². The quantitative estimate of drug-likeness (QED) is 0.436. The number of hydrogen-bond donors (Lipinski definition) is 1. The van der Waals surface area contributed by atoms with E-state index in [4.69, 9.17) is 0 Å². The van der Waals surface area contributed by atoms with Crippen LogP contribution in [0.25, 0.3) is 21.5 Å². The van der Waals surface area contributed by atoms with Crippen LogP contribution in [-0.2, 0) is 11.2 Å². The molecule has 0 bridgehead atoms. The molecular weight excluding hydrogens is 332 g/mol. The van der Waals surface area contributed by atoms with Gasteiger partial charge in [-0.3, -0.25) is 4.79 Å². The Labute approximate surface area is 159 Å². The van der Waals surface area contributed by atoms with Gasteiger partial charge in [0.05, 0.1) is 0 Å². The maximum absolute atomic E-state index is 11.2. The number of benzene rings is 4. The number of carboxylic acids is 1. The molecule has 134 valence electrons. The second kappa shape index (κ2) is 7.24. The van der Waals surface area contributed by atoms with Gasteiger partial charge >= 0.3 is 5.97 Å². The van der Waals surface area contributed by atoms with Crippen LogP contribution in [0.15, 0.2) is 78.9 Å². The van der Waals surface area contributed by atoms with Crippen LogP contribution in [-0.4, -0.2) is 11.1 Å². The topological polar surface area (TPSA) is 37.3 Å². The fraction of sp³-hybridized carbons (Fsp3) is 0.160. The van der Waals surface area contributed by atoms with E-state index in [1.807, 2.05) is 18.2 Å². The molecule has 4 rings (SSSR count). The van der Waals surface area contributed by atoms with Crippen LogP contribution in [0.1, 0.15) is 36.0 Å². The van der Waals surface area contributed by atoms with Gasteiger partial charge in [0, 0.05) is 12.3 Å². The molecular formula is C25H22O2. The average molecular weight is 354 g/mol. The van der Waals surface area contributed by atoms with Crippen molar-refractivity contribution in [3.05, 3.63) is 95.6 Å². The molecule has 0 aliphatic carbocycles. The third-order valence-electron chi connectivity index (χ3n) is 5.41. The average Bonchev–Trinajstić information content (AvgIpc) is 2.71. The molecule has 1 atom stereocenters. The van der Waals surface area contributed by atoms with Gasteiger partial charge in [0.2, 0.25) is 0 Å². The summed E-state index contributed by atoms with van der Waals surface area (Å²) in [5.74, 6) is -0.514. The van der Waals surface area contributed by atoms with Gasteiger partial charge in [0.15, 0.2) is 0 Å². The van der Waals surface area contributed by atoms with E-state index in [2.05, 4.69) is 67.6 Å². The van der Waals surface area contributed by atoms with Crippen LogP contribution in [0.4, 0.5) is 0 Å². The Bertz CT molecular complexity index is 1060. The molecule has 0 radical (unpaired) electrons. The lowest BCUT2D eigenvalue weighted by molar-refractivity contribution is -0.136. The molecule has 0 aliphatic heterocycles. The van der Waals surface area contributed by atoms with Gasteiger partial charge in [-0.15, -0.1) is 0 Å². The summed E-state index contributed by atoms with van der Waals surface area (Å²) in [6.07, 6.45) is 0.679. The first-order chi connectivity index (χ1) is 13.2. The standard InChI is InChI=1S/C25H22O2/c1-17(18-9-3-2-4-10-18)25-22-13-7-5-11-19(22)21(15-16-24(26)27)20-12-6-8-14-23(20)25/h2-14,17H,15-16H2,1H3,(H,26,27). The summed E-state index contributed by atoms with van der Waals surface area (Å²) < 4.78 is 0. The largest absolute Gasteiger partial charge is 0.481 e. The van der Waals surface area contributed by atoms with Gasteiger partial charge in [0.1, 0.15) is 0 Å². The Morgan fingerprint density at radius 2 is 1.26 bits per heavy atom. The van der Waals surface area contributed by atoms with Crippen molar-refractivity contribution in [1.82, 2.24) is 0 Å². The number of carbonyl (C=O) groups is 1. The highest BCUT2D eigenvalue weighted by molar-refractivity contribution is 6.06. The molecule has 2 nitrogen and oxygen atoms in total. The molecule has 27 heavy (non-hydrogen) atoms. The lowest BCUT2D eigenvalue weighted by Crippen LogP contribution is -2.03. The molecule has 0 aliphatic rings. The van der Waals surface area contributed by atoms with E-state index in [-0.39, 0.29) is 12.3 Å². The Balaban J connectivity index is 2.04. The minimum Gasteiger partial charge on any atom is -0.481 e. The Morgan fingerprint density at radius 3 is 1.78 bits per heavy atom. The highest BCUT2D eigenvalue weighted by atomic mass is 16.4. The zero-order valence-electron chi connectivity index (χ0n) is 15.4. The second-order valence-corrected chi connectivity index (χ2v) is 7.01. The number of aryl methyl sites for hydroxylation is 1.